The third-order valence-electron chi connectivity index (χ3n) is 5.86. The largest absolute Gasteiger partial charge is 0.342 e. The Morgan fingerprint density at radius 3 is 2.42 bits per heavy atom. The molecule has 6 heteroatoms. The van der Waals surface area contributed by atoms with E-state index in [9.17, 15) is 4.79 Å². The van der Waals surface area contributed by atoms with E-state index in [4.69, 9.17) is 0 Å². The molecule has 1 saturated carbocycles. The number of nitrogens with one attached hydrogen (secondary N) is 1. The van der Waals surface area contributed by atoms with E-state index in [1.165, 1.54) is 19.3 Å². The summed E-state index contributed by atoms with van der Waals surface area (Å²) in [6.07, 6.45) is 9.72. The maximum atomic E-state index is 12.3. The van der Waals surface area contributed by atoms with Gasteiger partial charge >= 0.3 is 0 Å². The number of piperidine rings is 1. The van der Waals surface area contributed by atoms with Crippen molar-refractivity contribution in [1.29, 1.82) is 0 Å². The topological polar surface area (TPSA) is 61.4 Å². The number of amides is 1. The van der Waals surface area contributed by atoms with Crippen molar-refractivity contribution in [2.75, 3.05) is 37.6 Å². The zero-order chi connectivity index (χ0) is 16.4. The molecule has 4 rings (SSSR count). The number of hydrogen-bond acceptors (Lipinski definition) is 5. The molecular formula is C18H27N5O. The third kappa shape index (κ3) is 3.24. The van der Waals surface area contributed by atoms with Gasteiger partial charge in [-0.1, -0.05) is 6.42 Å². The molecule has 24 heavy (non-hydrogen) atoms. The molecule has 6 nitrogen and oxygen atoms in total. The van der Waals surface area contributed by atoms with Crippen LogP contribution in [0.1, 0.15) is 32.1 Å². The third-order valence-corrected chi connectivity index (χ3v) is 5.86. The molecule has 0 unspecified atom stereocenters. The first kappa shape index (κ1) is 15.8. The highest BCUT2D eigenvalue weighted by molar-refractivity contribution is 5.78. The number of carbonyl (C=O) groups excluding carboxylic acids is 1. The molecule has 1 N–H and O–H groups in total. The lowest BCUT2D eigenvalue weighted by Crippen LogP contribution is -2.58. The molecule has 2 bridgehead atoms. The van der Waals surface area contributed by atoms with E-state index in [1.807, 2.05) is 23.4 Å². The Bertz CT molecular complexity index is 546. The molecule has 0 radical (unpaired) electrons. The van der Waals surface area contributed by atoms with Crippen LogP contribution in [0.15, 0.2) is 18.5 Å². The summed E-state index contributed by atoms with van der Waals surface area (Å²) < 4.78 is 0. The molecule has 1 aromatic heterocycles. The summed E-state index contributed by atoms with van der Waals surface area (Å²) in [5.41, 5.74) is 0. The second-order valence-electron chi connectivity index (χ2n) is 7.40. The highest BCUT2D eigenvalue weighted by atomic mass is 16.2. The number of anilines is 1. The minimum Gasteiger partial charge on any atom is -0.342 e. The predicted molar refractivity (Wildman–Crippen MR) is 92.7 cm³/mol. The molecule has 1 aromatic rings. The van der Waals surface area contributed by atoms with Gasteiger partial charge in [0.05, 0.1) is 6.54 Å². The van der Waals surface area contributed by atoms with Crippen LogP contribution < -0.4 is 10.2 Å². The molecule has 3 aliphatic rings. The first-order chi connectivity index (χ1) is 11.8. The smallest absolute Gasteiger partial charge is 0.236 e. The second kappa shape index (κ2) is 7.05. The second-order valence-corrected chi connectivity index (χ2v) is 7.40. The van der Waals surface area contributed by atoms with Gasteiger partial charge < -0.3 is 15.1 Å². The van der Waals surface area contributed by atoms with Crippen LogP contribution in [0, 0.1) is 11.8 Å². The van der Waals surface area contributed by atoms with Gasteiger partial charge in [-0.25, -0.2) is 9.97 Å². The Balaban J connectivity index is 1.37. The van der Waals surface area contributed by atoms with Crippen LogP contribution in [0.4, 0.5) is 5.95 Å². The van der Waals surface area contributed by atoms with Crippen molar-refractivity contribution in [2.45, 2.75) is 38.1 Å². The Hall–Kier alpha value is -1.69. The molecule has 130 valence electrons. The van der Waals surface area contributed by atoms with E-state index in [0.29, 0.717) is 24.4 Å². The molecule has 2 aliphatic heterocycles. The normalized spacial score (nSPS) is 29.8. The van der Waals surface area contributed by atoms with E-state index in [2.05, 4.69) is 20.2 Å². The summed E-state index contributed by atoms with van der Waals surface area (Å²) in [6, 6.07) is 2.33. The van der Waals surface area contributed by atoms with Gasteiger partial charge in [0.15, 0.2) is 0 Å². The minimum atomic E-state index is 0.277. The minimum absolute atomic E-state index is 0.277. The highest BCUT2D eigenvalue weighted by Crippen LogP contribution is 2.35. The van der Waals surface area contributed by atoms with Gasteiger partial charge in [0.2, 0.25) is 11.9 Å². The van der Waals surface area contributed by atoms with Gasteiger partial charge in [-0.2, -0.15) is 0 Å². The number of rotatable bonds is 4. The molecule has 2 saturated heterocycles. The average molecular weight is 329 g/mol. The van der Waals surface area contributed by atoms with Crippen molar-refractivity contribution < 1.29 is 4.79 Å². The fraction of sp³-hybridized carbons (Fsp3) is 0.722. The average Bonchev–Trinajstić information content (AvgIpc) is 3.14. The summed E-state index contributed by atoms with van der Waals surface area (Å²) in [6.45, 7) is 4.37. The van der Waals surface area contributed by atoms with Crippen molar-refractivity contribution in [1.82, 2.24) is 20.2 Å². The SMILES string of the molecule is O=C(CNC1[C@H]2CCC[C@H]1CN(c1ncccn1)C2)N1CCCC1. The lowest BCUT2D eigenvalue weighted by atomic mass is 9.73. The maximum Gasteiger partial charge on any atom is 0.236 e. The van der Waals surface area contributed by atoms with Crippen LogP contribution in [0.2, 0.25) is 0 Å². The van der Waals surface area contributed by atoms with Gasteiger partial charge in [0.25, 0.3) is 0 Å². The molecule has 0 aromatic carbocycles. The molecular weight excluding hydrogens is 302 g/mol. The van der Waals surface area contributed by atoms with Gasteiger partial charge in [-0.05, 0) is 43.6 Å². The molecule has 2 atom stereocenters. The van der Waals surface area contributed by atoms with E-state index < -0.39 is 0 Å². The molecule has 1 aliphatic carbocycles. The summed E-state index contributed by atoms with van der Waals surface area (Å²) in [4.78, 5) is 25.5. The van der Waals surface area contributed by atoms with E-state index >= 15 is 0 Å². The van der Waals surface area contributed by atoms with Crippen LogP contribution >= 0.6 is 0 Å². The number of likely N-dealkylation sites (tertiary alicyclic amines) is 1. The van der Waals surface area contributed by atoms with Crippen molar-refractivity contribution >= 4 is 11.9 Å². The summed E-state index contributed by atoms with van der Waals surface area (Å²) in [5.74, 6) is 2.31. The van der Waals surface area contributed by atoms with Gasteiger partial charge in [-0.15, -0.1) is 0 Å². The van der Waals surface area contributed by atoms with Crippen molar-refractivity contribution in [2.24, 2.45) is 11.8 Å². The van der Waals surface area contributed by atoms with Crippen molar-refractivity contribution in [3.8, 4) is 0 Å². The Morgan fingerprint density at radius 2 is 1.75 bits per heavy atom. The zero-order valence-corrected chi connectivity index (χ0v) is 14.2. The van der Waals surface area contributed by atoms with Crippen LogP contribution in [0.25, 0.3) is 0 Å². The fourth-order valence-electron chi connectivity index (χ4n) is 4.67. The Morgan fingerprint density at radius 1 is 1.08 bits per heavy atom. The Labute approximate surface area is 143 Å². The lowest BCUT2D eigenvalue weighted by Gasteiger charge is -2.47. The zero-order valence-electron chi connectivity index (χ0n) is 14.2. The summed E-state index contributed by atoms with van der Waals surface area (Å²) >= 11 is 0. The Kier molecular flexibility index (Phi) is 4.65. The number of hydrogen-bond donors (Lipinski definition) is 1. The monoisotopic (exact) mass is 329 g/mol. The van der Waals surface area contributed by atoms with Crippen LogP contribution in [0.5, 0.6) is 0 Å². The number of fused-ring (bicyclic) bond motifs is 2. The maximum absolute atomic E-state index is 12.3. The molecule has 3 fully saturated rings. The highest BCUT2D eigenvalue weighted by Gasteiger charge is 2.40. The van der Waals surface area contributed by atoms with Crippen molar-refractivity contribution in [3.05, 3.63) is 18.5 Å². The standard InChI is InChI=1S/C18H27N5O/c24-16(22-9-1-2-10-22)11-21-17-14-5-3-6-15(17)13-23(12-14)18-19-7-4-8-20-18/h4,7-8,14-15,17,21H,1-3,5-6,9-13H2/t14-,15-/m0/s1. The van der Waals surface area contributed by atoms with Crippen molar-refractivity contribution in [3.63, 3.8) is 0 Å². The number of aromatic nitrogens is 2. The van der Waals surface area contributed by atoms with Gasteiger partial charge in [-0.3, -0.25) is 4.79 Å². The predicted octanol–water partition coefficient (Wildman–Crippen LogP) is 1.29. The summed E-state index contributed by atoms with van der Waals surface area (Å²) in [7, 11) is 0. The van der Waals surface area contributed by atoms with Crippen LogP contribution in [0.3, 0.4) is 0 Å². The van der Waals surface area contributed by atoms with E-state index in [-0.39, 0.29) is 5.91 Å². The lowest BCUT2D eigenvalue weighted by molar-refractivity contribution is -0.129. The van der Waals surface area contributed by atoms with Crippen LogP contribution in [-0.4, -0.2) is 59.5 Å². The summed E-state index contributed by atoms with van der Waals surface area (Å²) in [5, 5.41) is 3.61. The molecule has 3 heterocycles. The van der Waals surface area contributed by atoms with E-state index in [0.717, 1.165) is 45.0 Å². The number of nitrogens with zero attached hydrogens (tertiary/aromatic N) is 4. The fourth-order valence-corrected chi connectivity index (χ4v) is 4.67. The van der Waals surface area contributed by atoms with Gasteiger partial charge in [0, 0.05) is 44.6 Å². The van der Waals surface area contributed by atoms with Crippen LogP contribution in [-0.2, 0) is 4.79 Å². The quantitative estimate of drug-likeness (QED) is 0.902. The number of carbonyl (C=O) groups is 1. The van der Waals surface area contributed by atoms with E-state index in [1.54, 1.807) is 0 Å². The van der Waals surface area contributed by atoms with Gasteiger partial charge in [0.1, 0.15) is 0 Å². The molecule has 0 spiro atoms. The first-order valence-corrected chi connectivity index (χ1v) is 9.34. The first-order valence-electron chi connectivity index (χ1n) is 9.34. The molecule has 1 amide bonds.